The third-order valence-electron chi connectivity index (χ3n) is 3.58. The number of pyridine rings is 1. The summed E-state index contributed by atoms with van der Waals surface area (Å²) in [6.45, 7) is 2.82. The minimum atomic E-state index is 0.733. The van der Waals surface area contributed by atoms with Gasteiger partial charge in [0.2, 0.25) is 0 Å². The van der Waals surface area contributed by atoms with Crippen molar-refractivity contribution >= 4 is 5.69 Å². The third-order valence-corrected chi connectivity index (χ3v) is 3.58. The van der Waals surface area contributed by atoms with Crippen molar-refractivity contribution in [3.63, 3.8) is 0 Å². The van der Waals surface area contributed by atoms with Crippen LogP contribution in [0.2, 0.25) is 0 Å². The highest BCUT2D eigenvalue weighted by Gasteiger charge is 2.05. The van der Waals surface area contributed by atoms with E-state index in [2.05, 4.69) is 71.8 Å². The summed E-state index contributed by atoms with van der Waals surface area (Å²) in [5.74, 6) is 0. The number of aryl methyl sites for hydroxylation is 1. The molecule has 0 aliphatic heterocycles. The Morgan fingerprint density at radius 2 is 1.62 bits per heavy atom. The fraction of sp³-hybridized carbons (Fsp3) is 0.105. The average Bonchev–Trinajstić information content (AvgIpc) is 2.55. The molecule has 0 bridgehead atoms. The van der Waals surface area contributed by atoms with Gasteiger partial charge in [0.05, 0.1) is 12.2 Å². The van der Waals surface area contributed by atoms with E-state index in [1.165, 1.54) is 16.7 Å². The van der Waals surface area contributed by atoms with E-state index in [1.807, 2.05) is 18.3 Å². The number of nitrogens with one attached hydrogen (secondary N) is 1. The molecule has 1 aromatic heterocycles. The van der Waals surface area contributed by atoms with Crippen LogP contribution in [0.25, 0.3) is 11.1 Å². The first-order valence-corrected chi connectivity index (χ1v) is 7.13. The maximum absolute atomic E-state index is 4.43. The Morgan fingerprint density at radius 1 is 0.857 bits per heavy atom. The smallest absolute Gasteiger partial charge is 0.0623 e. The Bertz CT molecular complexity index is 720. The molecule has 0 spiro atoms. The lowest BCUT2D eigenvalue weighted by Gasteiger charge is -2.13. The summed E-state index contributed by atoms with van der Waals surface area (Å²) < 4.78 is 0. The van der Waals surface area contributed by atoms with Gasteiger partial charge in [0.15, 0.2) is 0 Å². The number of hydrogen-bond donors (Lipinski definition) is 1. The number of aromatic nitrogens is 1. The van der Waals surface area contributed by atoms with E-state index >= 15 is 0 Å². The van der Waals surface area contributed by atoms with Gasteiger partial charge >= 0.3 is 0 Å². The molecule has 3 aromatic rings. The van der Waals surface area contributed by atoms with Gasteiger partial charge in [-0.2, -0.15) is 0 Å². The van der Waals surface area contributed by atoms with E-state index in [0.29, 0.717) is 0 Å². The summed E-state index contributed by atoms with van der Waals surface area (Å²) >= 11 is 0. The van der Waals surface area contributed by atoms with E-state index in [0.717, 1.165) is 17.9 Å². The Balaban J connectivity index is 1.85. The summed E-state index contributed by atoms with van der Waals surface area (Å²) in [5, 5.41) is 3.51. The van der Waals surface area contributed by atoms with Crippen molar-refractivity contribution in [2.45, 2.75) is 13.5 Å². The molecule has 3 rings (SSSR count). The molecule has 104 valence electrons. The molecule has 0 atom stereocenters. The second-order valence-electron chi connectivity index (χ2n) is 5.03. The van der Waals surface area contributed by atoms with Crippen LogP contribution in [-0.4, -0.2) is 4.98 Å². The van der Waals surface area contributed by atoms with Crippen LogP contribution in [-0.2, 0) is 6.54 Å². The quantitative estimate of drug-likeness (QED) is 0.748. The maximum atomic E-state index is 4.43. The summed E-state index contributed by atoms with van der Waals surface area (Å²) in [5.41, 5.74) is 5.86. The van der Waals surface area contributed by atoms with Gasteiger partial charge in [-0.25, -0.2) is 0 Å². The van der Waals surface area contributed by atoms with Crippen molar-refractivity contribution in [2.75, 3.05) is 5.32 Å². The largest absolute Gasteiger partial charge is 0.379 e. The topological polar surface area (TPSA) is 24.9 Å². The zero-order chi connectivity index (χ0) is 14.5. The number of benzene rings is 2. The van der Waals surface area contributed by atoms with Gasteiger partial charge < -0.3 is 5.32 Å². The zero-order valence-corrected chi connectivity index (χ0v) is 12.1. The second-order valence-corrected chi connectivity index (χ2v) is 5.03. The van der Waals surface area contributed by atoms with Gasteiger partial charge in [-0.3, -0.25) is 4.98 Å². The van der Waals surface area contributed by atoms with Crippen molar-refractivity contribution in [3.05, 3.63) is 84.2 Å². The Kier molecular flexibility index (Phi) is 3.97. The minimum absolute atomic E-state index is 0.733. The lowest BCUT2D eigenvalue weighted by atomic mass is 10.0. The molecular formula is C19H18N2. The van der Waals surface area contributed by atoms with Gasteiger partial charge in [0.25, 0.3) is 0 Å². The highest BCUT2D eigenvalue weighted by atomic mass is 14.9. The molecule has 1 heterocycles. The van der Waals surface area contributed by atoms with Crippen LogP contribution in [0.5, 0.6) is 0 Å². The van der Waals surface area contributed by atoms with Crippen molar-refractivity contribution < 1.29 is 0 Å². The van der Waals surface area contributed by atoms with Crippen LogP contribution in [0.3, 0.4) is 0 Å². The summed E-state index contributed by atoms with van der Waals surface area (Å²) in [6.07, 6.45) is 1.84. The van der Waals surface area contributed by atoms with E-state index in [4.69, 9.17) is 0 Å². The molecule has 0 amide bonds. The third kappa shape index (κ3) is 3.11. The predicted molar refractivity (Wildman–Crippen MR) is 88.2 cm³/mol. The van der Waals surface area contributed by atoms with Gasteiger partial charge in [0.1, 0.15) is 0 Å². The maximum Gasteiger partial charge on any atom is 0.0623 e. The molecule has 0 saturated carbocycles. The van der Waals surface area contributed by atoms with E-state index in [9.17, 15) is 0 Å². The monoisotopic (exact) mass is 274 g/mol. The van der Waals surface area contributed by atoms with Gasteiger partial charge in [0, 0.05) is 17.4 Å². The molecule has 2 aromatic carbocycles. The van der Waals surface area contributed by atoms with Gasteiger partial charge in [-0.15, -0.1) is 0 Å². The van der Waals surface area contributed by atoms with Crippen LogP contribution in [0, 0.1) is 6.92 Å². The number of para-hydroxylation sites is 1. The lowest BCUT2D eigenvalue weighted by Crippen LogP contribution is -2.04. The summed E-state index contributed by atoms with van der Waals surface area (Å²) in [6, 6.07) is 22.9. The molecule has 0 aliphatic carbocycles. The Labute approximate surface area is 125 Å². The van der Waals surface area contributed by atoms with E-state index in [-0.39, 0.29) is 0 Å². The molecule has 0 fully saturated rings. The van der Waals surface area contributed by atoms with Gasteiger partial charge in [-0.1, -0.05) is 54.6 Å². The number of hydrogen-bond acceptors (Lipinski definition) is 2. The van der Waals surface area contributed by atoms with Crippen LogP contribution in [0.4, 0.5) is 5.69 Å². The first kappa shape index (κ1) is 13.4. The first-order chi connectivity index (χ1) is 10.3. The molecule has 2 nitrogen and oxygen atoms in total. The van der Waals surface area contributed by atoms with Crippen molar-refractivity contribution in [3.8, 4) is 11.1 Å². The predicted octanol–water partition coefficient (Wildman–Crippen LogP) is 4.67. The molecule has 0 aliphatic rings. The normalized spacial score (nSPS) is 10.3. The molecular weight excluding hydrogens is 256 g/mol. The number of anilines is 1. The number of rotatable bonds is 4. The molecule has 1 N–H and O–H groups in total. The fourth-order valence-corrected chi connectivity index (χ4v) is 2.39. The lowest BCUT2D eigenvalue weighted by molar-refractivity contribution is 1.02. The first-order valence-electron chi connectivity index (χ1n) is 7.13. The summed E-state index contributed by atoms with van der Waals surface area (Å²) in [7, 11) is 0. The number of nitrogens with zero attached hydrogens (tertiary/aromatic N) is 1. The highest BCUT2D eigenvalue weighted by Crippen LogP contribution is 2.27. The van der Waals surface area contributed by atoms with Gasteiger partial charge in [-0.05, 0) is 30.2 Å². The van der Waals surface area contributed by atoms with E-state index in [1.54, 1.807) is 0 Å². The molecule has 0 saturated heterocycles. The molecule has 0 radical (unpaired) electrons. The van der Waals surface area contributed by atoms with Crippen LogP contribution >= 0.6 is 0 Å². The highest BCUT2D eigenvalue weighted by molar-refractivity contribution is 5.77. The zero-order valence-electron chi connectivity index (χ0n) is 12.1. The molecule has 2 heteroatoms. The fourth-order valence-electron chi connectivity index (χ4n) is 2.39. The molecule has 0 unspecified atom stereocenters. The van der Waals surface area contributed by atoms with Crippen molar-refractivity contribution in [1.29, 1.82) is 0 Å². The Hall–Kier alpha value is -2.61. The summed E-state index contributed by atoms with van der Waals surface area (Å²) in [4.78, 5) is 4.43. The molecule has 21 heavy (non-hydrogen) atoms. The standard InChI is InChI=1S/C19H18N2/c1-15-8-7-13-20-19(15)14-21-18-12-6-5-11-17(18)16-9-3-2-4-10-16/h2-13,21H,14H2,1H3. The SMILES string of the molecule is Cc1cccnc1CNc1ccccc1-c1ccccc1. The second kappa shape index (κ2) is 6.23. The van der Waals surface area contributed by atoms with E-state index < -0.39 is 0 Å². The minimum Gasteiger partial charge on any atom is -0.379 e. The van der Waals surface area contributed by atoms with Crippen LogP contribution < -0.4 is 5.32 Å². The van der Waals surface area contributed by atoms with Crippen LogP contribution in [0.15, 0.2) is 72.9 Å². The van der Waals surface area contributed by atoms with Crippen molar-refractivity contribution in [1.82, 2.24) is 4.98 Å². The average molecular weight is 274 g/mol. The van der Waals surface area contributed by atoms with Crippen molar-refractivity contribution in [2.24, 2.45) is 0 Å². The Morgan fingerprint density at radius 3 is 2.43 bits per heavy atom. The van der Waals surface area contributed by atoms with Crippen LogP contribution in [0.1, 0.15) is 11.3 Å².